The Morgan fingerprint density at radius 1 is 0.931 bits per heavy atom. The van der Waals surface area contributed by atoms with Crippen LogP contribution in [-0.4, -0.2) is 42.3 Å². The van der Waals surface area contributed by atoms with Crippen molar-refractivity contribution in [1.29, 1.82) is 0 Å². The first kappa shape index (κ1) is 23.5. The van der Waals surface area contributed by atoms with Crippen LogP contribution in [0.3, 0.4) is 0 Å². The van der Waals surface area contributed by atoms with Crippen LogP contribution in [0.4, 0.5) is 0 Å². The predicted molar refractivity (Wildman–Crippen MR) is 116 cm³/mol. The zero-order valence-corrected chi connectivity index (χ0v) is 20.0. The lowest BCUT2D eigenvalue weighted by Gasteiger charge is -2.23. The van der Waals surface area contributed by atoms with Gasteiger partial charge in [0.05, 0.1) is 23.2 Å². The number of carbonyl (C=O) groups is 2. The fraction of sp³-hybridized carbons (Fsp3) is 0.300. The quantitative estimate of drug-likeness (QED) is 0.394. The Hall–Kier alpha value is -1.77. The Kier molecular flexibility index (Phi) is 7.59. The molecule has 6 nitrogen and oxygen atoms in total. The number of phenolic OH excluding ortho intramolecular Hbond substituents is 2. The summed E-state index contributed by atoms with van der Waals surface area (Å²) in [4.78, 5) is 24.2. The van der Waals surface area contributed by atoms with Crippen LogP contribution in [0, 0.1) is 13.8 Å². The number of carbonyl (C=O) groups excluding carboxylic acids is 2. The zero-order chi connectivity index (χ0) is 22.0. The van der Waals surface area contributed by atoms with Crippen molar-refractivity contribution in [3.05, 3.63) is 54.5 Å². The number of esters is 2. The van der Waals surface area contributed by atoms with Gasteiger partial charge in [-0.1, -0.05) is 0 Å². The number of methoxy groups -OCH3 is 2. The van der Waals surface area contributed by atoms with Crippen LogP contribution in [0.5, 0.6) is 11.5 Å². The van der Waals surface area contributed by atoms with Crippen molar-refractivity contribution in [2.75, 3.05) is 20.1 Å². The topological polar surface area (TPSA) is 93.1 Å². The monoisotopic (exact) mass is 548 g/mol. The van der Waals surface area contributed by atoms with Crippen molar-refractivity contribution < 1.29 is 29.3 Å². The lowest BCUT2D eigenvalue weighted by atomic mass is 9.85. The van der Waals surface area contributed by atoms with E-state index in [-0.39, 0.29) is 28.5 Å². The number of aromatic hydroxyl groups is 2. The first-order valence-electron chi connectivity index (χ1n) is 8.37. The summed E-state index contributed by atoms with van der Waals surface area (Å²) in [6.07, 6.45) is 0. The third kappa shape index (κ3) is 4.25. The van der Waals surface area contributed by atoms with Gasteiger partial charge in [-0.15, -0.1) is 11.6 Å². The molecule has 29 heavy (non-hydrogen) atoms. The molecule has 0 aliphatic carbocycles. The molecule has 0 bridgehead atoms. The van der Waals surface area contributed by atoms with Crippen LogP contribution < -0.4 is 0 Å². The molecule has 0 atom stereocenters. The Labute approximate surface area is 190 Å². The van der Waals surface area contributed by atoms with Crippen molar-refractivity contribution in [3.8, 4) is 11.5 Å². The molecule has 9 heteroatoms. The van der Waals surface area contributed by atoms with Crippen LogP contribution in [-0.2, 0) is 9.47 Å². The Morgan fingerprint density at radius 2 is 1.28 bits per heavy atom. The van der Waals surface area contributed by atoms with Crippen molar-refractivity contribution in [3.63, 3.8) is 0 Å². The van der Waals surface area contributed by atoms with Crippen molar-refractivity contribution in [2.45, 2.75) is 19.8 Å². The van der Waals surface area contributed by atoms with Crippen LogP contribution >= 0.6 is 43.5 Å². The normalized spacial score (nSPS) is 10.9. The van der Waals surface area contributed by atoms with Crippen molar-refractivity contribution in [2.24, 2.45) is 0 Å². The molecule has 0 saturated heterocycles. The van der Waals surface area contributed by atoms with Gasteiger partial charge in [-0.25, -0.2) is 9.59 Å². The minimum Gasteiger partial charge on any atom is -0.506 e. The average Bonchev–Trinajstić information content (AvgIpc) is 2.72. The minimum atomic E-state index is -0.698. The van der Waals surface area contributed by atoms with Gasteiger partial charge in [0.2, 0.25) is 0 Å². The van der Waals surface area contributed by atoms with Crippen molar-refractivity contribution in [1.82, 2.24) is 0 Å². The Bertz CT molecular complexity index is 912. The molecule has 0 saturated carbocycles. The van der Waals surface area contributed by atoms with E-state index in [4.69, 9.17) is 21.1 Å². The summed E-state index contributed by atoms with van der Waals surface area (Å²) < 4.78 is 10.2. The maximum atomic E-state index is 12.1. The van der Waals surface area contributed by atoms with E-state index < -0.39 is 17.9 Å². The molecule has 2 N–H and O–H groups in total. The van der Waals surface area contributed by atoms with Gasteiger partial charge in [0.25, 0.3) is 0 Å². The Balaban J connectivity index is 2.81. The predicted octanol–water partition coefficient (Wildman–Crippen LogP) is 5.18. The first-order chi connectivity index (χ1) is 13.6. The maximum absolute atomic E-state index is 12.1. The summed E-state index contributed by atoms with van der Waals surface area (Å²) in [5.74, 6) is -2.21. The van der Waals surface area contributed by atoms with Gasteiger partial charge < -0.3 is 19.7 Å². The van der Waals surface area contributed by atoms with Gasteiger partial charge in [-0.3, -0.25) is 0 Å². The highest BCUT2D eigenvalue weighted by Gasteiger charge is 2.28. The SMILES string of the molecule is COC(=O)c1cc(C(CCl)c2cc(C(=O)OC)c(O)c(Br)c2C)c(C)c(Br)c1O. The molecule has 2 aromatic rings. The number of hydrogen-bond donors (Lipinski definition) is 2. The highest BCUT2D eigenvalue weighted by Crippen LogP contribution is 2.43. The molecule has 156 valence electrons. The van der Waals surface area contributed by atoms with E-state index in [0.29, 0.717) is 31.2 Å². The molecule has 0 aromatic heterocycles. The zero-order valence-electron chi connectivity index (χ0n) is 16.1. The summed E-state index contributed by atoms with van der Waals surface area (Å²) in [5, 5.41) is 20.7. The Morgan fingerprint density at radius 3 is 1.55 bits per heavy atom. The number of benzene rings is 2. The molecule has 0 fully saturated rings. The summed E-state index contributed by atoms with van der Waals surface area (Å²) in [6.45, 7) is 3.54. The maximum Gasteiger partial charge on any atom is 0.341 e. The molecule has 2 aromatic carbocycles. The second-order valence-electron chi connectivity index (χ2n) is 6.29. The fourth-order valence-corrected chi connectivity index (χ4v) is 4.32. The van der Waals surface area contributed by atoms with E-state index in [2.05, 4.69) is 31.9 Å². The lowest BCUT2D eigenvalue weighted by molar-refractivity contribution is 0.0588. The largest absolute Gasteiger partial charge is 0.506 e. The molecule has 0 radical (unpaired) electrons. The molecule has 0 amide bonds. The van der Waals surface area contributed by atoms with Gasteiger partial charge in [0.1, 0.15) is 22.6 Å². The van der Waals surface area contributed by atoms with Crippen LogP contribution in [0.2, 0.25) is 0 Å². The molecule has 0 aliphatic rings. The van der Waals surface area contributed by atoms with Crippen LogP contribution in [0.1, 0.15) is 48.9 Å². The van der Waals surface area contributed by atoms with Crippen LogP contribution in [0.25, 0.3) is 0 Å². The van der Waals surface area contributed by atoms with Gasteiger partial charge in [-0.05, 0) is 80.1 Å². The third-order valence-corrected chi connectivity index (χ3v) is 7.02. The number of rotatable bonds is 5. The number of halogens is 3. The summed E-state index contributed by atoms with van der Waals surface area (Å²) >= 11 is 12.9. The second-order valence-corrected chi connectivity index (χ2v) is 8.19. The van der Waals surface area contributed by atoms with E-state index in [1.165, 1.54) is 26.4 Å². The highest BCUT2D eigenvalue weighted by atomic mass is 79.9. The number of alkyl halides is 1. The molecular formula is C20H19Br2ClO6. The van der Waals surface area contributed by atoms with Crippen molar-refractivity contribution >= 4 is 55.4 Å². The third-order valence-electron chi connectivity index (χ3n) is 4.77. The highest BCUT2D eigenvalue weighted by molar-refractivity contribution is 9.11. The fourth-order valence-electron chi connectivity index (χ4n) is 3.10. The molecule has 0 heterocycles. The standard InChI is InChI=1S/C20H19Br2ClO6/c1-8-10(5-12(19(26)28-3)17(24)15(8)21)14(7-23)11-6-13(20(27)29-4)18(25)16(22)9(11)2/h5-6,14,24-25H,7H2,1-4H3. The smallest absolute Gasteiger partial charge is 0.341 e. The molecular weight excluding hydrogens is 531 g/mol. The van der Waals surface area contributed by atoms with E-state index in [1.54, 1.807) is 13.8 Å². The minimum absolute atomic E-state index is 0.0150. The van der Waals surface area contributed by atoms with Gasteiger partial charge in [0.15, 0.2) is 0 Å². The number of ether oxygens (including phenoxy) is 2. The van der Waals surface area contributed by atoms with Crippen LogP contribution in [0.15, 0.2) is 21.1 Å². The lowest BCUT2D eigenvalue weighted by Crippen LogP contribution is -2.13. The second kappa shape index (κ2) is 9.36. The first-order valence-corrected chi connectivity index (χ1v) is 10.5. The molecule has 0 aliphatic heterocycles. The summed E-state index contributed by atoms with van der Waals surface area (Å²) in [5.41, 5.74) is 2.62. The number of phenols is 2. The van der Waals surface area contributed by atoms with E-state index in [1.807, 2.05) is 0 Å². The van der Waals surface area contributed by atoms with E-state index in [9.17, 15) is 19.8 Å². The van der Waals surface area contributed by atoms with E-state index >= 15 is 0 Å². The summed E-state index contributed by atoms with van der Waals surface area (Å²) in [7, 11) is 2.44. The average molecular weight is 551 g/mol. The van der Waals surface area contributed by atoms with Gasteiger partial charge in [-0.2, -0.15) is 0 Å². The summed E-state index contributed by atoms with van der Waals surface area (Å²) in [6, 6.07) is 3.04. The van der Waals surface area contributed by atoms with Gasteiger partial charge >= 0.3 is 11.9 Å². The molecule has 0 spiro atoms. The molecule has 0 unspecified atom stereocenters. The molecule has 2 rings (SSSR count). The van der Waals surface area contributed by atoms with Gasteiger partial charge in [0, 0.05) is 11.8 Å². The number of hydrogen-bond acceptors (Lipinski definition) is 6. The van der Waals surface area contributed by atoms with E-state index in [0.717, 1.165) is 0 Å².